The van der Waals surface area contributed by atoms with Crippen LogP contribution in [-0.2, 0) is 4.74 Å². The van der Waals surface area contributed by atoms with Gasteiger partial charge in [0.25, 0.3) is 0 Å². The molecule has 0 bridgehead atoms. The van der Waals surface area contributed by atoms with Gasteiger partial charge < -0.3 is 10.1 Å². The molecular weight excluding hydrogens is 311 g/mol. The van der Waals surface area contributed by atoms with Crippen molar-refractivity contribution < 1.29 is 9.13 Å². The Labute approximate surface area is 135 Å². The van der Waals surface area contributed by atoms with Crippen molar-refractivity contribution in [3.8, 4) is 12.3 Å². The minimum Gasteiger partial charge on any atom is -0.364 e. The predicted molar refractivity (Wildman–Crippen MR) is 85.5 cm³/mol. The highest BCUT2D eigenvalue weighted by atomic mass is 35.5. The van der Waals surface area contributed by atoms with Crippen molar-refractivity contribution in [3.05, 3.63) is 0 Å². The lowest BCUT2D eigenvalue weighted by atomic mass is 9.89. The molecule has 7 unspecified atom stereocenters. The van der Waals surface area contributed by atoms with Gasteiger partial charge in [0, 0.05) is 30.4 Å². The summed E-state index contributed by atoms with van der Waals surface area (Å²) in [5.41, 5.74) is 0. The topological polar surface area (TPSA) is 24.5 Å². The van der Waals surface area contributed by atoms with Crippen LogP contribution in [0.3, 0.4) is 0 Å². The van der Waals surface area contributed by atoms with Crippen LogP contribution in [0.15, 0.2) is 0 Å². The third-order valence-electron chi connectivity index (χ3n) is 4.72. The lowest BCUT2D eigenvalue weighted by molar-refractivity contribution is -0.0109. The molecule has 0 aromatic heterocycles. The molecule has 0 spiro atoms. The molecule has 0 radical (unpaired) electrons. The fourth-order valence-electron chi connectivity index (χ4n) is 3.74. The van der Waals surface area contributed by atoms with Gasteiger partial charge in [-0.1, -0.05) is 5.92 Å². The summed E-state index contributed by atoms with van der Waals surface area (Å²) in [6.07, 6.45) is 5.21. The number of hydrogen-bond donors (Lipinski definition) is 1. The van der Waals surface area contributed by atoms with Crippen LogP contribution in [0.5, 0.6) is 0 Å². The third-order valence-corrected chi connectivity index (χ3v) is 6.55. The number of terminal acetylenes is 1. The maximum absolute atomic E-state index is 14.4. The zero-order chi connectivity index (χ0) is 15.0. The van der Waals surface area contributed by atoms with E-state index in [-0.39, 0.29) is 24.1 Å². The Morgan fingerprint density at radius 3 is 3.00 bits per heavy atom. The van der Waals surface area contributed by atoms with Crippen LogP contribution in [0, 0.1) is 12.3 Å². The Kier molecular flexibility index (Phi) is 5.02. The maximum atomic E-state index is 14.4. The van der Waals surface area contributed by atoms with Crippen LogP contribution < -0.4 is 5.32 Å². The van der Waals surface area contributed by atoms with Crippen LogP contribution in [-0.4, -0.2) is 65.0 Å². The number of nitrogens with zero attached hydrogens (tertiary/aromatic N) is 1. The molecule has 0 aromatic carbocycles. The lowest BCUT2D eigenvalue weighted by Gasteiger charge is -2.40. The summed E-state index contributed by atoms with van der Waals surface area (Å²) >= 11 is 8.19. The minimum absolute atomic E-state index is 0.0916. The number of ether oxygens (including phenoxy) is 1. The first-order valence-electron chi connectivity index (χ1n) is 7.57. The molecule has 2 saturated heterocycles. The van der Waals surface area contributed by atoms with E-state index in [9.17, 15) is 4.39 Å². The Bertz CT molecular complexity index is 407. The zero-order valence-electron chi connectivity index (χ0n) is 12.2. The van der Waals surface area contributed by atoms with E-state index in [4.69, 9.17) is 22.8 Å². The molecule has 118 valence electrons. The summed E-state index contributed by atoms with van der Waals surface area (Å²) in [7, 11) is 0. The lowest BCUT2D eigenvalue weighted by Crippen LogP contribution is -2.51. The first kappa shape index (κ1) is 15.9. The highest BCUT2D eigenvalue weighted by molar-refractivity contribution is 8.00. The Morgan fingerprint density at radius 1 is 1.48 bits per heavy atom. The molecule has 3 fully saturated rings. The molecule has 3 rings (SSSR count). The summed E-state index contributed by atoms with van der Waals surface area (Å²) in [5, 5.41) is 4.37. The molecule has 2 aliphatic heterocycles. The summed E-state index contributed by atoms with van der Waals surface area (Å²) in [6, 6.07) is 0.391. The van der Waals surface area contributed by atoms with Gasteiger partial charge in [0.1, 0.15) is 12.8 Å². The zero-order valence-corrected chi connectivity index (χ0v) is 13.7. The summed E-state index contributed by atoms with van der Waals surface area (Å²) in [6.45, 7) is 4.31. The number of alkyl halides is 2. The molecule has 1 N–H and O–H groups in total. The first-order chi connectivity index (χ1) is 10.1. The monoisotopic (exact) mass is 332 g/mol. The average Bonchev–Trinajstić information content (AvgIpc) is 2.94. The van der Waals surface area contributed by atoms with Gasteiger partial charge in [0.05, 0.1) is 16.9 Å². The smallest absolute Gasteiger partial charge is 0.117 e. The number of thioether (sulfide) groups is 1. The van der Waals surface area contributed by atoms with Crippen LogP contribution in [0.1, 0.15) is 19.8 Å². The fourth-order valence-corrected chi connectivity index (χ4v) is 5.49. The minimum atomic E-state index is -0.876. The fraction of sp³-hybridized carbons (Fsp3) is 0.867. The molecule has 3 nitrogen and oxygen atoms in total. The van der Waals surface area contributed by atoms with Crippen LogP contribution in [0.2, 0.25) is 0 Å². The Hall–Kier alpha value is 0.01000. The molecule has 3 aliphatic rings. The largest absolute Gasteiger partial charge is 0.364 e. The number of halogens is 2. The van der Waals surface area contributed by atoms with E-state index in [2.05, 4.69) is 23.1 Å². The number of fused-ring (bicyclic) bond motifs is 1. The van der Waals surface area contributed by atoms with E-state index in [0.29, 0.717) is 29.5 Å². The van der Waals surface area contributed by atoms with Gasteiger partial charge in [0.2, 0.25) is 0 Å². The van der Waals surface area contributed by atoms with Crippen molar-refractivity contribution in [2.24, 2.45) is 0 Å². The van der Waals surface area contributed by atoms with Gasteiger partial charge in [-0.2, -0.15) is 0 Å². The van der Waals surface area contributed by atoms with Gasteiger partial charge >= 0.3 is 0 Å². The summed E-state index contributed by atoms with van der Waals surface area (Å²) < 4.78 is 20.1. The highest BCUT2D eigenvalue weighted by Gasteiger charge is 2.46. The van der Waals surface area contributed by atoms with Gasteiger partial charge in [-0.3, -0.25) is 4.90 Å². The first-order valence-corrected chi connectivity index (χ1v) is 8.95. The molecule has 1 saturated carbocycles. The van der Waals surface area contributed by atoms with Gasteiger partial charge in [-0.05, 0) is 19.8 Å². The molecule has 1 aliphatic carbocycles. The van der Waals surface area contributed by atoms with E-state index >= 15 is 0 Å². The second-order valence-electron chi connectivity index (χ2n) is 6.17. The van der Waals surface area contributed by atoms with Crippen molar-refractivity contribution in [2.75, 3.05) is 19.7 Å². The summed E-state index contributed by atoms with van der Waals surface area (Å²) in [4.78, 5) is 2.28. The Morgan fingerprint density at radius 2 is 2.29 bits per heavy atom. The second-order valence-corrected chi connectivity index (χ2v) is 8.31. The van der Waals surface area contributed by atoms with Crippen LogP contribution >= 0.6 is 23.4 Å². The predicted octanol–water partition coefficient (Wildman–Crippen LogP) is 1.85. The third kappa shape index (κ3) is 3.35. The average molecular weight is 333 g/mol. The Balaban J connectivity index is 1.61. The van der Waals surface area contributed by atoms with E-state index in [1.165, 1.54) is 0 Å². The number of likely N-dealkylation sites (tertiary alicyclic amines) is 1. The SMILES string of the molecule is C#CCOC1CC(N2CC3NC(C)SC3C2)C(F)CC1Cl. The van der Waals surface area contributed by atoms with E-state index in [1.54, 1.807) is 0 Å². The number of rotatable bonds is 3. The van der Waals surface area contributed by atoms with Crippen molar-refractivity contribution in [3.63, 3.8) is 0 Å². The molecular formula is C15H22ClFN2OS. The molecule has 2 heterocycles. The van der Waals surface area contributed by atoms with Gasteiger partial charge in [0.15, 0.2) is 0 Å². The standard InChI is InChI=1S/C15H22ClFN2OS/c1-3-4-20-14-6-13(11(17)5-10(14)16)19-7-12-15(8-19)21-9(2)18-12/h1,9-15,18H,4-8H2,2H3. The summed E-state index contributed by atoms with van der Waals surface area (Å²) in [5.74, 6) is 2.47. The quantitative estimate of drug-likeness (QED) is 0.630. The van der Waals surface area contributed by atoms with Crippen molar-refractivity contribution in [1.29, 1.82) is 0 Å². The number of hydrogen-bond acceptors (Lipinski definition) is 4. The van der Waals surface area contributed by atoms with Crippen LogP contribution in [0.4, 0.5) is 4.39 Å². The molecule has 7 atom stereocenters. The van der Waals surface area contributed by atoms with Crippen molar-refractivity contribution in [1.82, 2.24) is 10.2 Å². The molecule has 0 aromatic rings. The van der Waals surface area contributed by atoms with Crippen LogP contribution in [0.25, 0.3) is 0 Å². The normalized spacial score (nSPS) is 47.2. The van der Waals surface area contributed by atoms with E-state index in [0.717, 1.165) is 13.1 Å². The molecule has 6 heteroatoms. The van der Waals surface area contributed by atoms with Gasteiger partial charge in [-0.25, -0.2) is 4.39 Å². The second kappa shape index (κ2) is 6.64. The van der Waals surface area contributed by atoms with Crippen molar-refractivity contribution >= 4 is 23.4 Å². The molecule has 21 heavy (non-hydrogen) atoms. The van der Waals surface area contributed by atoms with E-state index < -0.39 is 6.17 Å². The van der Waals surface area contributed by atoms with E-state index in [1.807, 2.05) is 11.8 Å². The maximum Gasteiger partial charge on any atom is 0.117 e. The van der Waals surface area contributed by atoms with Crippen molar-refractivity contribution in [2.45, 2.75) is 60.1 Å². The van der Waals surface area contributed by atoms with Gasteiger partial charge in [-0.15, -0.1) is 29.8 Å². The number of nitrogens with one attached hydrogen (secondary N) is 1. The molecule has 0 amide bonds. The highest BCUT2D eigenvalue weighted by Crippen LogP contribution is 2.37.